The number of methoxy groups -OCH3 is 1. The van der Waals surface area contributed by atoms with Crippen LogP contribution < -0.4 is 10.0 Å². The van der Waals surface area contributed by atoms with Crippen molar-refractivity contribution >= 4 is 27.4 Å². The van der Waals surface area contributed by atoms with Crippen molar-refractivity contribution < 1.29 is 22.9 Å². The van der Waals surface area contributed by atoms with Gasteiger partial charge in [-0.05, 0) is 25.6 Å². The largest absolute Gasteiger partial charge is 0.469 e. The molecule has 0 saturated heterocycles. The Bertz CT molecular complexity index is 659. The molecule has 0 bridgehead atoms. The summed E-state index contributed by atoms with van der Waals surface area (Å²) in [7, 11) is -1.25. The summed E-state index contributed by atoms with van der Waals surface area (Å²) in [5.41, 5.74) is -0.167. The summed E-state index contributed by atoms with van der Waals surface area (Å²) in [6.45, 7) is 0.314. The number of nitro benzene ring substituents is 1. The zero-order chi connectivity index (χ0) is 16.8. The maximum atomic E-state index is 11.6. The molecule has 22 heavy (non-hydrogen) atoms. The highest BCUT2D eigenvalue weighted by atomic mass is 32.2. The summed E-state index contributed by atoms with van der Waals surface area (Å²) in [5.74, 6) is -0.369. The predicted octanol–water partition coefficient (Wildman–Crippen LogP) is 0.868. The second-order valence-corrected chi connectivity index (χ2v) is 6.14. The first-order valence-corrected chi connectivity index (χ1v) is 7.83. The molecule has 0 aliphatic rings. The number of anilines is 1. The average Bonchev–Trinajstić information content (AvgIpc) is 2.50. The highest BCUT2D eigenvalue weighted by molar-refractivity contribution is 7.89. The molecule has 0 radical (unpaired) electrons. The number of hydrogen-bond donors (Lipinski definition) is 2. The minimum atomic E-state index is -3.75. The van der Waals surface area contributed by atoms with E-state index in [-0.39, 0.29) is 28.7 Å². The molecule has 0 amide bonds. The highest BCUT2D eigenvalue weighted by Crippen LogP contribution is 2.27. The van der Waals surface area contributed by atoms with Crippen LogP contribution in [-0.2, 0) is 19.6 Å². The molecule has 0 aromatic heterocycles. The second-order valence-electron chi connectivity index (χ2n) is 4.25. The molecule has 0 fully saturated rings. The van der Waals surface area contributed by atoms with Crippen molar-refractivity contribution in [1.29, 1.82) is 0 Å². The third-order valence-electron chi connectivity index (χ3n) is 2.85. The first-order chi connectivity index (χ1) is 10.3. The number of nitrogens with zero attached hydrogens (tertiary/aromatic N) is 1. The van der Waals surface area contributed by atoms with Gasteiger partial charge in [0.05, 0.1) is 16.9 Å². The van der Waals surface area contributed by atoms with E-state index < -0.39 is 14.9 Å². The topological polar surface area (TPSA) is 128 Å². The number of carbonyl (C=O) groups excluding carboxylic acids is 1. The van der Waals surface area contributed by atoms with Crippen molar-refractivity contribution in [2.24, 2.45) is 0 Å². The van der Waals surface area contributed by atoms with E-state index in [9.17, 15) is 23.3 Å². The summed E-state index contributed by atoms with van der Waals surface area (Å²) in [6, 6.07) is 3.57. The number of sulfonamides is 1. The van der Waals surface area contributed by atoms with Gasteiger partial charge in [-0.15, -0.1) is 0 Å². The van der Waals surface area contributed by atoms with Gasteiger partial charge >= 0.3 is 5.97 Å². The Morgan fingerprint density at radius 3 is 2.64 bits per heavy atom. The lowest BCUT2D eigenvalue weighted by atomic mass is 10.2. The summed E-state index contributed by atoms with van der Waals surface area (Å²) >= 11 is 0. The van der Waals surface area contributed by atoms with Crippen LogP contribution in [0.15, 0.2) is 23.1 Å². The minimum absolute atomic E-state index is 0.184. The van der Waals surface area contributed by atoms with E-state index in [4.69, 9.17) is 0 Å². The van der Waals surface area contributed by atoms with Gasteiger partial charge in [-0.25, -0.2) is 13.1 Å². The van der Waals surface area contributed by atoms with Crippen molar-refractivity contribution in [3.8, 4) is 0 Å². The van der Waals surface area contributed by atoms with Crippen LogP contribution in [0.4, 0.5) is 11.4 Å². The monoisotopic (exact) mass is 331 g/mol. The van der Waals surface area contributed by atoms with Crippen LogP contribution in [-0.4, -0.2) is 40.0 Å². The summed E-state index contributed by atoms with van der Waals surface area (Å²) in [4.78, 5) is 21.1. The van der Waals surface area contributed by atoms with Gasteiger partial charge in [-0.3, -0.25) is 14.9 Å². The molecular weight excluding hydrogens is 314 g/mol. The van der Waals surface area contributed by atoms with Gasteiger partial charge in [0.1, 0.15) is 5.69 Å². The molecule has 1 aromatic rings. The number of carbonyl (C=O) groups is 1. The number of rotatable bonds is 8. The molecule has 0 aliphatic carbocycles. The molecule has 1 rings (SSSR count). The number of hydrogen-bond acceptors (Lipinski definition) is 7. The van der Waals surface area contributed by atoms with Crippen LogP contribution in [0.2, 0.25) is 0 Å². The minimum Gasteiger partial charge on any atom is -0.469 e. The predicted molar refractivity (Wildman–Crippen MR) is 79.1 cm³/mol. The van der Waals surface area contributed by atoms with Gasteiger partial charge in [0.2, 0.25) is 10.0 Å². The number of esters is 1. The summed E-state index contributed by atoms with van der Waals surface area (Å²) < 4.78 is 29.9. The molecule has 0 saturated carbocycles. The molecule has 0 heterocycles. The van der Waals surface area contributed by atoms with Crippen LogP contribution in [0.5, 0.6) is 0 Å². The van der Waals surface area contributed by atoms with E-state index in [1.54, 1.807) is 0 Å². The third kappa shape index (κ3) is 4.67. The Hall–Kier alpha value is -2.20. The van der Waals surface area contributed by atoms with E-state index in [1.807, 2.05) is 0 Å². The van der Waals surface area contributed by atoms with Crippen molar-refractivity contribution in [1.82, 2.24) is 4.72 Å². The van der Waals surface area contributed by atoms with Gasteiger partial charge in [0, 0.05) is 19.0 Å². The first kappa shape index (κ1) is 17.9. The zero-order valence-electron chi connectivity index (χ0n) is 12.2. The Morgan fingerprint density at radius 2 is 2.09 bits per heavy atom. The van der Waals surface area contributed by atoms with E-state index in [2.05, 4.69) is 14.8 Å². The lowest BCUT2D eigenvalue weighted by Gasteiger charge is -2.08. The van der Waals surface area contributed by atoms with E-state index in [0.29, 0.717) is 13.0 Å². The van der Waals surface area contributed by atoms with Gasteiger partial charge in [-0.1, -0.05) is 0 Å². The fourth-order valence-electron chi connectivity index (χ4n) is 1.65. The third-order valence-corrected chi connectivity index (χ3v) is 4.26. The van der Waals surface area contributed by atoms with Crippen LogP contribution in [0.25, 0.3) is 0 Å². The van der Waals surface area contributed by atoms with E-state index >= 15 is 0 Å². The molecule has 2 N–H and O–H groups in total. The molecule has 0 atom stereocenters. The van der Waals surface area contributed by atoms with Gasteiger partial charge < -0.3 is 10.1 Å². The standard InChI is InChI=1S/C12H17N3O6S/c1-13-22(19,20)9-5-6-10(11(8-9)15(17)18)14-7-3-4-12(16)21-2/h5-6,8,13-14H,3-4,7H2,1-2H3. The van der Waals surface area contributed by atoms with Crippen LogP contribution in [0, 0.1) is 10.1 Å². The molecule has 10 heteroatoms. The summed E-state index contributed by atoms with van der Waals surface area (Å²) in [5, 5.41) is 13.9. The first-order valence-electron chi connectivity index (χ1n) is 6.34. The molecule has 1 aromatic carbocycles. The number of nitrogens with one attached hydrogen (secondary N) is 2. The average molecular weight is 331 g/mol. The molecule has 0 aliphatic heterocycles. The van der Waals surface area contributed by atoms with Gasteiger partial charge in [0.15, 0.2) is 0 Å². The van der Waals surface area contributed by atoms with Crippen molar-refractivity contribution in [2.75, 3.05) is 26.0 Å². The van der Waals surface area contributed by atoms with E-state index in [1.165, 1.54) is 26.3 Å². The lowest BCUT2D eigenvalue weighted by Crippen LogP contribution is -2.18. The van der Waals surface area contributed by atoms with Gasteiger partial charge in [-0.2, -0.15) is 0 Å². The highest BCUT2D eigenvalue weighted by Gasteiger charge is 2.20. The van der Waals surface area contributed by atoms with E-state index in [0.717, 1.165) is 6.07 Å². The number of benzene rings is 1. The normalized spacial score (nSPS) is 11.0. The van der Waals surface area contributed by atoms with Crippen LogP contribution >= 0.6 is 0 Å². The Kier molecular flexibility index (Phi) is 6.25. The Morgan fingerprint density at radius 1 is 1.41 bits per heavy atom. The van der Waals surface area contributed by atoms with Crippen molar-refractivity contribution in [3.05, 3.63) is 28.3 Å². The molecule has 9 nitrogen and oxygen atoms in total. The molecule has 0 spiro atoms. The smallest absolute Gasteiger partial charge is 0.305 e. The summed E-state index contributed by atoms with van der Waals surface area (Å²) in [6.07, 6.45) is 0.615. The van der Waals surface area contributed by atoms with Crippen molar-refractivity contribution in [2.45, 2.75) is 17.7 Å². The maximum absolute atomic E-state index is 11.6. The fraction of sp³-hybridized carbons (Fsp3) is 0.417. The maximum Gasteiger partial charge on any atom is 0.305 e. The fourth-order valence-corrected chi connectivity index (χ4v) is 2.40. The van der Waals surface area contributed by atoms with Crippen LogP contribution in [0.1, 0.15) is 12.8 Å². The number of nitro groups is 1. The van der Waals surface area contributed by atoms with Crippen molar-refractivity contribution in [3.63, 3.8) is 0 Å². The molecule has 122 valence electrons. The Labute approximate surface area is 127 Å². The van der Waals surface area contributed by atoms with Gasteiger partial charge in [0.25, 0.3) is 5.69 Å². The Balaban J connectivity index is 2.88. The molecule has 0 unspecified atom stereocenters. The SMILES string of the molecule is CNS(=O)(=O)c1ccc(NCCCC(=O)OC)c([N+](=O)[O-])c1. The van der Waals surface area contributed by atoms with Crippen LogP contribution in [0.3, 0.4) is 0 Å². The molecular formula is C12H17N3O6S. The number of ether oxygens (including phenoxy) is 1. The second kappa shape index (κ2) is 7.71. The zero-order valence-corrected chi connectivity index (χ0v) is 13.0. The lowest BCUT2D eigenvalue weighted by molar-refractivity contribution is -0.384. The quantitative estimate of drug-likeness (QED) is 0.313.